The molecular weight excluding hydrogens is 226 g/mol. The first-order valence-corrected chi connectivity index (χ1v) is 7.85. The molecule has 0 aromatic rings. The predicted molar refractivity (Wildman–Crippen MR) is 65.4 cm³/mol. The van der Waals surface area contributed by atoms with Gasteiger partial charge < -0.3 is 10.1 Å². The van der Waals surface area contributed by atoms with Gasteiger partial charge in [-0.2, -0.15) is 0 Å². The molecule has 0 radical (unpaired) electrons. The zero-order valence-electron chi connectivity index (χ0n) is 10.3. The van der Waals surface area contributed by atoms with Crippen LogP contribution >= 0.6 is 0 Å². The largest absolute Gasteiger partial charge is 0.374 e. The standard InChI is InChI=1S/C11H23NO3S/c1-3-8-16(13,14)9-6-12-10-11(2)5-4-7-15-11/h12H,3-10H2,1-2H3. The van der Waals surface area contributed by atoms with Crippen molar-refractivity contribution in [1.29, 1.82) is 0 Å². The summed E-state index contributed by atoms with van der Waals surface area (Å²) in [5.74, 6) is 0.527. The molecule has 0 aliphatic carbocycles. The van der Waals surface area contributed by atoms with Gasteiger partial charge in [0.05, 0.1) is 11.4 Å². The maximum atomic E-state index is 11.4. The predicted octanol–water partition coefficient (Wildman–Crippen LogP) is 0.970. The second-order valence-electron chi connectivity index (χ2n) is 4.73. The van der Waals surface area contributed by atoms with Crippen molar-refractivity contribution in [2.45, 2.75) is 38.7 Å². The summed E-state index contributed by atoms with van der Waals surface area (Å²) < 4.78 is 28.5. The Morgan fingerprint density at radius 3 is 2.69 bits per heavy atom. The molecule has 1 saturated heterocycles. The average molecular weight is 249 g/mol. The molecule has 1 fully saturated rings. The van der Waals surface area contributed by atoms with Gasteiger partial charge in [-0.05, 0) is 26.2 Å². The Hall–Kier alpha value is -0.130. The molecule has 0 bridgehead atoms. The molecule has 16 heavy (non-hydrogen) atoms. The fourth-order valence-corrected chi connectivity index (χ4v) is 3.25. The Kier molecular flexibility index (Phi) is 5.21. The van der Waals surface area contributed by atoms with E-state index < -0.39 is 9.84 Å². The van der Waals surface area contributed by atoms with Gasteiger partial charge in [0, 0.05) is 25.4 Å². The summed E-state index contributed by atoms with van der Waals surface area (Å²) >= 11 is 0. The van der Waals surface area contributed by atoms with Crippen LogP contribution in [0.4, 0.5) is 0 Å². The highest BCUT2D eigenvalue weighted by atomic mass is 32.2. The Balaban J connectivity index is 2.16. The van der Waals surface area contributed by atoms with Gasteiger partial charge in [0.2, 0.25) is 0 Å². The van der Waals surface area contributed by atoms with Crippen molar-refractivity contribution < 1.29 is 13.2 Å². The zero-order chi connectivity index (χ0) is 12.1. The molecule has 0 amide bonds. The molecular formula is C11H23NO3S. The van der Waals surface area contributed by atoms with Crippen molar-refractivity contribution in [2.75, 3.05) is 31.2 Å². The SMILES string of the molecule is CCCS(=O)(=O)CCNCC1(C)CCCO1. The van der Waals surface area contributed by atoms with Crippen molar-refractivity contribution in [3.8, 4) is 0 Å². The van der Waals surface area contributed by atoms with Crippen LogP contribution in [-0.2, 0) is 14.6 Å². The van der Waals surface area contributed by atoms with Crippen LogP contribution in [0.1, 0.15) is 33.1 Å². The van der Waals surface area contributed by atoms with Crippen molar-refractivity contribution in [3.63, 3.8) is 0 Å². The van der Waals surface area contributed by atoms with E-state index in [0.29, 0.717) is 18.7 Å². The lowest BCUT2D eigenvalue weighted by Gasteiger charge is -2.23. The van der Waals surface area contributed by atoms with E-state index in [0.717, 1.165) is 26.0 Å². The normalized spacial score (nSPS) is 26.1. The van der Waals surface area contributed by atoms with Crippen LogP contribution in [0.15, 0.2) is 0 Å². The van der Waals surface area contributed by atoms with Crippen LogP contribution in [0.25, 0.3) is 0 Å². The van der Waals surface area contributed by atoms with E-state index in [1.54, 1.807) is 0 Å². The summed E-state index contributed by atoms with van der Waals surface area (Å²) in [5.41, 5.74) is -0.0888. The van der Waals surface area contributed by atoms with Gasteiger partial charge >= 0.3 is 0 Å². The first-order valence-electron chi connectivity index (χ1n) is 6.02. The summed E-state index contributed by atoms with van der Waals surface area (Å²) in [5, 5.41) is 3.18. The number of sulfone groups is 1. The lowest BCUT2D eigenvalue weighted by Crippen LogP contribution is -2.39. The summed E-state index contributed by atoms with van der Waals surface area (Å²) in [7, 11) is -2.85. The molecule has 1 heterocycles. The third-order valence-corrected chi connectivity index (χ3v) is 4.76. The molecule has 1 atom stereocenters. The third-order valence-electron chi connectivity index (χ3n) is 2.90. The second kappa shape index (κ2) is 5.98. The van der Waals surface area contributed by atoms with Crippen LogP contribution in [0.2, 0.25) is 0 Å². The minimum Gasteiger partial charge on any atom is -0.374 e. The van der Waals surface area contributed by atoms with Crippen LogP contribution in [0, 0.1) is 0 Å². The fourth-order valence-electron chi connectivity index (χ4n) is 1.97. The minimum atomic E-state index is -2.85. The quantitative estimate of drug-likeness (QED) is 0.683. The summed E-state index contributed by atoms with van der Waals surface area (Å²) in [6.07, 6.45) is 2.86. The average Bonchev–Trinajstić information content (AvgIpc) is 2.61. The van der Waals surface area contributed by atoms with Crippen molar-refractivity contribution in [1.82, 2.24) is 5.32 Å². The molecule has 1 aliphatic heterocycles. The van der Waals surface area contributed by atoms with Gasteiger partial charge in [-0.1, -0.05) is 6.92 Å². The van der Waals surface area contributed by atoms with Crippen molar-refractivity contribution >= 4 is 9.84 Å². The molecule has 0 aromatic carbocycles. The zero-order valence-corrected chi connectivity index (χ0v) is 11.1. The second-order valence-corrected chi connectivity index (χ2v) is 7.03. The molecule has 0 aromatic heterocycles. The molecule has 96 valence electrons. The molecule has 1 N–H and O–H groups in total. The van der Waals surface area contributed by atoms with Gasteiger partial charge in [0.1, 0.15) is 0 Å². The number of hydrogen-bond donors (Lipinski definition) is 1. The van der Waals surface area contributed by atoms with E-state index >= 15 is 0 Å². The van der Waals surface area contributed by atoms with Crippen LogP contribution in [0.5, 0.6) is 0 Å². The Morgan fingerprint density at radius 1 is 1.38 bits per heavy atom. The molecule has 5 heteroatoms. The Morgan fingerprint density at radius 2 is 2.12 bits per heavy atom. The summed E-state index contributed by atoms with van der Waals surface area (Å²) in [6.45, 7) is 6.06. The monoisotopic (exact) mass is 249 g/mol. The smallest absolute Gasteiger partial charge is 0.151 e. The highest BCUT2D eigenvalue weighted by Gasteiger charge is 2.29. The van der Waals surface area contributed by atoms with Crippen LogP contribution < -0.4 is 5.32 Å². The van der Waals surface area contributed by atoms with E-state index in [1.165, 1.54) is 0 Å². The highest BCUT2D eigenvalue weighted by molar-refractivity contribution is 7.91. The number of rotatable bonds is 7. The van der Waals surface area contributed by atoms with Gasteiger partial charge in [-0.25, -0.2) is 8.42 Å². The maximum Gasteiger partial charge on any atom is 0.151 e. The van der Waals surface area contributed by atoms with E-state index in [4.69, 9.17) is 4.74 Å². The molecule has 0 saturated carbocycles. The van der Waals surface area contributed by atoms with Crippen LogP contribution in [0.3, 0.4) is 0 Å². The number of hydrogen-bond acceptors (Lipinski definition) is 4. The first-order chi connectivity index (χ1) is 7.47. The maximum absolute atomic E-state index is 11.4. The number of ether oxygens (including phenoxy) is 1. The summed E-state index contributed by atoms with van der Waals surface area (Å²) in [4.78, 5) is 0. The van der Waals surface area contributed by atoms with Crippen LogP contribution in [-0.4, -0.2) is 45.2 Å². The molecule has 1 unspecified atom stereocenters. The molecule has 0 spiro atoms. The van der Waals surface area contributed by atoms with Gasteiger partial charge in [0.15, 0.2) is 9.84 Å². The minimum absolute atomic E-state index is 0.0888. The lowest BCUT2D eigenvalue weighted by molar-refractivity contribution is 0.0214. The van der Waals surface area contributed by atoms with E-state index in [9.17, 15) is 8.42 Å². The number of nitrogens with one attached hydrogen (secondary N) is 1. The topological polar surface area (TPSA) is 55.4 Å². The molecule has 1 rings (SSSR count). The Labute approximate surface area is 98.7 Å². The van der Waals surface area contributed by atoms with E-state index in [1.807, 2.05) is 6.92 Å². The first kappa shape index (κ1) is 13.9. The lowest BCUT2D eigenvalue weighted by atomic mass is 10.0. The summed E-state index contributed by atoms with van der Waals surface area (Å²) in [6, 6.07) is 0. The molecule has 1 aliphatic rings. The van der Waals surface area contributed by atoms with Gasteiger partial charge in [-0.15, -0.1) is 0 Å². The van der Waals surface area contributed by atoms with E-state index in [-0.39, 0.29) is 11.4 Å². The van der Waals surface area contributed by atoms with E-state index in [2.05, 4.69) is 12.2 Å². The van der Waals surface area contributed by atoms with Gasteiger partial charge in [0.25, 0.3) is 0 Å². The van der Waals surface area contributed by atoms with Crippen molar-refractivity contribution in [2.24, 2.45) is 0 Å². The van der Waals surface area contributed by atoms with Crippen molar-refractivity contribution in [3.05, 3.63) is 0 Å². The third kappa shape index (κ3) is 4.80. The fraction of sp³-hybridized carbons (Fsp3) is 1.00. The Bertz CT molecular complexity index is 294. The highest BCUT2D eigenvalue weighted by Crippen LogP contribution is 2.23. The molecule has 4 nitrogen and oxygen atoms in total. The van der Waals surface area contributed by atoms with Gasteiger partial charge in [-0.3, -0.25) is 0 Å².